The number of unbranched alkanes of at least 4 members (excludes halogenated alkanes) is 38. The summed E-state index contributed by atoms with van der Waals surface area (Å²) in [6.45, 7) is 2.71. The van der Waals surface area contributed by atoms with Crippen molar-refractivity contribution >= 4 is 5.91 Å². The molecule has 2 fully saturated rings. The monoisotopic (exact) mass is 1270 g/mol. The summed E-state index contributed by atoms with van der Waals surface area (Å²) in [6, 6.07) is -0.914. The minimum atomic E-state index is -1.79. The largest absolute Gasteiger partial charge is 0.394 e. The van der Waals surface area contributed by atoms with Gasteiger partial charge in [-0.3, -0.25) is 4.79 Å². The lowest BCUT2D eigenvalue weighted by Gasteiger charge is -2.46. The van der Waals surface area contributed by atoms with Crippen LogP contribution in [0.3, 0.4) is 0 Å². The molecule has 9 N–H and O–H groups in total. The average Bonchev–Trinajstić information content (AvgIpc) is 1.58. The Morgan fingerprint density at radius 1 is 0.411 bits per heavy atom. The fraction of sp³-hybridized carbons (Fsp3) is 0.829. The summed E-state index contributed by atoms with van der Waals surface area (Å²) < 4.78 is 22.8. The van der Waals surface area contributed by atoms with Crippen molar-refractivity contribution in [1.29, 1.82) is 0 Å². The van der Waals surface area contributed by atoms with Crippen molar-refractivity contribution in [2.75, 3.05) is 19.8 Å². The Bertz CT molecular complexity index is 1790. The second kappa shape index (κ2) is 60.1. The highest BCUT2D eigenvalue weighted by Crippen LogP contribution is 2.30. The molecule has 0 bridgehead atoms. The van der Waals surface area contributed by atoms with Crippen LogP contribution in [0.25, 0.3) is 0 Å². The van der Waals surface area contributed by atoms with Crippen LogP contribution in [0.15, 0.2) is 72.9 Å². The lowest BCUT2D eigenvalue weighted by atomic mass is 9.97. The number of ether oxygens (including phenoxy) is 4. The van der Waals surface area contributed by atoms with Crippen LogP contribution in [-0.2, 0) is 23.7 Å². The van der Waals surface area contributed by atoms with Gasteiger partial charge in [0.2, 0.25) is 5.91 Å². The number of aliphatic hydroxyl groups is 8. The summed E-state index contributed by atoms with van der Waals surface area (Å²) in [5, 5.41) is 87.4. The predicted octanol–water partition coefficient (Wildman–Crippen LogP) is 15.8. The SMILES string of the molecule is CC/C=C\C/C=C\C/C=C\C/C=C\C/C=C\CCCCCCCCCCCCCCCCCCCCCCCCCCCC(=O)NC(COC1OC(CO)C(OC2OC(CO)C(O)C(O)C2O)C(O)C1O)C(O)/C=C/CCCCCCCCCCCCCCC. The number of hydrogen-bond acceptors (Lipinski definition) is 13. The quantitative estimate of drug-likeness (QED) is 0.0204. The first-order valence-electron chi connectivity index (χ1n) is 37.2. The Morgan fingerprint density at radius 3 is 1.18 bits per heavy atom. The molecule has 14 heteroatoms. The normalized spacial score (nSPS) is 23.3. The molecule has 2 saturated heterocycles. The van der Waals surface area contributed by atoms with Crippen molar-refractivity contribution in [3.05, 3.63) is 72.9 Å². The van der Waals surface area contributed by atoms with Gasteiger partial charge in [-0.1, -0.05) is 311 Å². The summed E-state index contributed by atoms with van der Waals surface area (Å²) in [4.78, 5) is 13.3. The highest BCUT2D eigenvalue weighted by atomic mass is 16.7. The number of hydrogen-bond donors (Lipinski definition) is 9. The van der Waals surface area contributed by atoms with E-state index in [1.54, 1.807) is 6.08 Å². The molecule has 2 aliphatic heterocycles. The van der Waals surface area contributed by atoms with Gasteiger partial charge in [0.25, 0.3) is 0 Å². The standard InChI is InChI=1S/C76H137NO13/c1-3-5-7-9-11-13-15-17-19-20-21-22-23-24-25-26-27-28-29-30-31-32-33-34-35-36-37-38-39-40-41-42-43-44-46-48-50-52-54-56-58-60-68(81)77-64(65(80)59-57-55-53-51-49-47-45-18-16-14-12-10-8-6-4-2)63-87-75-73(86)71(84)74(67(62-79)89-75)90-76-72(85)70(83)69(82)66(61-78)88-76/h5,7,11,13,17,19,21-22,24-25,57,59,64-67,69-76,78-80,82-86H,3-4,6,8-10,12,14-16,18,20,23,26-56,58,60-63H2,1-2H3,(H,77,81)/b7-5-,13-11-,19-17-,22-21-,25-24-,59-57+. The van der Waals surface area contributed by atoms with Gasteiger partial charge in [0.05, 0.1) is 32.0 Å². The van der Waals surface area contributed by atoms with Gasteiger partial charge < -0.3 is 65.1 Å². The maximum absolute atomic E-state index is 13.3. The Balaban J connectivity index is 1.54. The van der Waals surface area contributed by atoms with Crippen LogP contribution < -0.4 is 5.32 Å². The van der Waals surface area contributed by atoms with Gasteiger partial charge in [-0.05, 0) is 64.2 Å². The van der Waals surface area contributed by atoms with Crippen molar-refractivity contribution in [1.82, 2.24) is 5.32 Å². The molecule has 1 amide bonds. The van der Waals surface area contributed by atoms with E-state index in [2.05, 4.69) is 79.9 Å². The van der Waals surface area contributed by atoms with Crippen LogP contribution in [0.5, 0.6) is 0 Å². The maximum atomic E-state index is 13.3. The third-order valence-corrected chi connectivity index (χ3v) is 17.9. The number of aliphatic hydroxyl groups excluding tert-OH is 8. The zero-order valence-electron chi connectivity index (χ0n) is 57.1. The van der Waals surface area contributed by atoms with Gasteiger partial charge in [-0.25, -0.2) is 0 Å². The summed E-state index contributed by atoms with van der Waals surface area (Å²) in [6.07, 6.45) is 65.6. The first-order chi connectivity index (χ1) is 44.1. The van der Waals surface area contributed by atoms with E-state index < -0.39 is 86.8 Å². The zero-order valence-corrected chi connectivity index (χ0v) is 57.1. The molecule has 0 aromatic heterocycles. The summed E-state index contributed by atoms with van der Waals surface area (Å²) in [5.41, 5.74) is 0. The molecule has 0 aromatic carbocycles. The molecule has 14 nitrogen and oxygen atoms in total. The summed E-state index contributed by atoms with van der Waals surface area (Å²) >= 11 is 0. The van der Waals surface area contributed by atoms with Gasteiger partial charge in [0.15, 0.2) is 12.6 Å². The number of nitrogens with one attached hydrogen (secondary N) is 1. The first-order valence-corrected chi connectivity index (χ1v) is 37.2. The van der Waals surface area contributed by atoms with E-state index in [4.69, 9.17) is 18.9 Å². The Morgan fingerprint density at radius 2 is 0.767 bits per heavy atom. The summed E-state index contributed by atoms with van der Waals surface area (Å²) in [7, 11) is 0. The molecule has 2 rings (SSSR count). The highest BCUT2D eigenvalue weighted by molar-refractivity contribution is 5.76. The maximum Gasteiger partial charge on any atom is 0.220 e. The smallest absolute Gasteiger partial charge is 0.220 e. The Hall–Kier alpha value is -2.57. The first kappa shape index (κ1) is 83.5. The van der Waals surface area contributed by atoms with Crippen molar-refractivity contribution in [3.63, 3.8) is 0 Å². The van der Waals surface area contributed by atoms with E-state index in [1.807, 2.05) is 6.08 Å². The van der Waals surface area contributed by atoms with Crippen molar-refractivity contribution in [2.45, 2.75) is 383 Å². The molecular weight excluding hydrogens is 1130 g/mol. The second-order valence-corrected chi connectivity index (χ2v) is 26.0. The van der Waals surface area contributed by atoms with E-state index in [0.29, 0.717) is 6.42 Å². The third kappa shape index (κ3) is 43.4. The number of amides is 1. The van der Waals surface area contributed by atoms with Crippen LogP contribution in [0, 0.1) is 0 Å². The molecule has 0 aliphatic carbocycles. The molecule has 2 aliphatic rings. The van der Waals surface area contributed by atoms with E-state index >= 15 is 0 Å². The van der Waals surface area contributed by atoms with E-state index in [9.17, 15) is 45.6 Å². The number of allylic oxidation sites excluding steroid dienone is 11. The van der Waals surface area contributed by atoms with Gasteiger partial charge in [0.1, 0.15) is 48.8 Å². The zero-order chi connectivity index (χ0) is 65.2. The highest BCUT2D eigenvalue weighted by Gasteiger charge is 2.51. The van der Waals surface area contributed by atoms with Gasteiger partial charge in [-0.15, -0.1) is 0 Å². The minimum Gasteiger partial charge on any atom is -0.394 e. The molecule has 0 saturated carbocycles. The molecule has 0 radical (unpaired) electrons. The molecule has 0 aromatic rings. The third-order valence-electron chi connectivity index (χ3n) is 17.9. The van der Waals surface area contributed by atoms with Crippen LogP contribution >= 0.6 is 0 Å². The molecule has 0 spiro atoms. The number of carbonyl (C=O) groups excluding carboxylic acids is 1. The van der Waals surface area contributed by atoms with Crippen LogP contribution in [-0.4, -0.2) is 140 Å². The number of rotatable bonds is 61. The lowest BCUT2D eigenvalue weighted by Crippen LogP contribution is -2.65. The predicted molar refractivity (Wildman–Crippen MR) is 369 cm³/mol. The molecule has 524 valence electrons. The van der Waals surface area contributed by atoms with Crippen molar-refractivity contribution < 1.29 is 64.6 Å². The molecule has 12 unspecified atom stereocenters. The molecular formula is C76H137NO13. The average molecular weight is 1270 g/mol. The van der Waals surface area contributed by atoms with Crippen LogP contribution in [0.2, 0.25) is 0 Å². The van der Waals surface area contributed by atoms with E-state index in [1.165, 1.54) is 212 Å². The van der Waals surface area contributed by atoms with Crippen molar-refractivity contribution in [2.24, 2.45) is 0 Å². The van der Waals surface area contributed by atoms with E-state index in [0.717, 1.165) is 70.6 Å². The van der Waals surface area contributed by atoms with Gasteiger partial charge in [0, 0.05) is 6.42 Å². The topological polar surface area (TPSA) is 228 Å². The Labute approximate surface area is 548 Å². The van der Waals surface area contributed by atoms with Gasteiger partial charge >= 0.3 is 0 Å². The Kier molecular flexibility index (Phi) is 55.8. The molecule has 90 heavy (non-hydrogen) atoms. The van der Waals surface area contributed by atoms with Crippen molar-refractivity contribution in [3.8, 4) is 0 Å². The molecule has 12 atom stereocenters. The fourth-order valence-corrected chi connectivity index (χ4v) is 12.0. The second-order valence-electron chi connectivity index (χ2n) is 26.0. The van der Waals surface area contributed by atoms with E-state index in [-0.39, 0.29) is 18.9 Å². The fourth-order valence-electron chi connectivity index (χ4n) is 12.0. The van der Waals surface area contributed by atoms with Gasteiger partial charge in [-0.2, -0.15) is 0 Å². The minimum absolute atomic E-state index is 0.235. The number of carbonyl (C=O) groups is 1. The lowest BCUT2D eigenvalue weighted by molar-refractivity contribution is -0.359. The van der Waals surface area contributed by atoms with Crippen LogP contribution in [0.1, 0.15) is 309 Å². The molecule has 2 heterocycles. The summed E-state index contributed by atoms with van der Waals surface area (Å²) in [5.74, 6) is -0.235. The van der Waals surface area contributed by atoms with Crippen LogP contribution in [0.4, 0.5) is 0 Å².